The van der Waals surface area contributed by atoms with E-state index in [9.17, 15) is 15.0 Å². The molecule has 0 unspecified atom stereocenters. The number of nitrogens with two attached hydrogens (primary N) is 1. The van der Waals surface area contributed by atoms with Gasteiger partial charge in [0, 0.05) is 6.54 Å². The molecular formula is C13H21N3O3. The van der Waals surface area contributed by atoms with Crippen molar-refractivity contribution in [2.45, 2.75) is 12.8 Å². The first-order valence-corrected chi connectivity index (χ1v) is 6.36. The number of amides is 1. The molecule has 0 aliphatic heterocycles. The average molecular weight is 267 g/mol. The summed E-state index contributed by atoms with van der Waals surface area (Å²) in [4.78, 5) is 11.7. The number of carbonyl (C=O) groups is 1. The highest BCUT2D eigenvalue weighted by Crippen LogP contribution is 2.27. The molecule has 0 atom stereocenters. The Balaban J connectivity index is 2.26. The minimum Gasteiger partial charge on any atom is -0.504 e. The molecule has 1 amide bonds. The number of nitrogens with one attached hydrogen (secondary N) is 2. The summed E-state index contributed by atoms with van der Waals surface area (Å²) in [6.07, 6.45) is 1.72. The molecule has 0 aliphatic rings. The van der Waals surface area contributed by atoms with Crippen molar-refractivity contribution in [2.75, 3.05) is 26.2 Å². The molecule has 19 heavy (non-hydrogen) atoms. The Morgan fingerprint density at radius 3 is 2.63 bits per heavy atom. The third-order valence-electron chi connectivity index (χ3n) is 2.63. The van der Waals surface area contributed by atoms with Crippen LogP contribution < -0.4 is 16.4 Å². The van der Waals surface area contributed by atoms with Gasteiger partial charge in [0.05, 0.1) is 5.56 Å². The number of phenolic OH excluding ortho intramolecular Hbond substituents is 2. The summed E-state index contributed by atoms with van der Waals surface area (Å²) in [6, 6.07) is 4.30. The molecule has 0 aromatic heterocycles. The summed E-state index contributed by atoms with van der Waals surface area (Å²) in [5.74, 6) is -1.08. The normalized spacial score (nSPS) is 10.4. The molecule has 0 saturated heterocycles. The summed E-state index contributed by atoms with van der Waals surface area (Å²) in [6.45, 7) is 2.84. The third-order valence-corrected chi connectivity index (χ3v) is 2.63. The summed E-state index contributed by atoms with van der Waals surface area (Å²) < 4.78 is 0. The fourth-order valence-electron chi connectivity index (χ4n) is 1.58. The van der Waals surface area contributed by atoms with Gasteiger partial charge in [0.25, 0.3) is 5.91 Å². The largest absolute Gasteiger partial charge is 0.504 e. The van der Waals surface area contributed by atoms with Crippen LogP contribution in [0.5, 0.6) is 11.5 Å². The van der Waals surface area contributed by atoms with Gasteiger partial charge < -0.3 is 26.6 Å². The van der Waals surface area contributed by atoms with Gasteiger partial charge in [-0.3, -0.25) is 4.79 Å². The van der Waals surface area contributed by atoms with Crippen LogP contribution in [0.25, 0.3) is 0 Å². The van der Waals surface area contributed by atoms with Crippen LogP contribution in [0.3, 0.4) is 0 Å². The molecule has 1 rings (SSSR count). The van der Waals surface area contributed by atoms with Gasteiger partial charge in [0.15, 0.2) is 11.5 Å². The van der Waals surface area contributed by atoms with Gasteiger partial charge in [0.1, 0.15) is 0 Å². The lowest BCUT2D eigenvalue weighted by Crippen LogP contribution is -2.28. The van der Waals surface area contributed by atoms with E-state index in [2.05, 4.69) is 10.6 Å². The van der Waals surface area contributed by atoms with Crippen LogP contribution in [0.15, 0.2) is 18.2 Å². The Bertz CT molecular complexity index is 410. The highest BCUT2D eigenvalue weighted by atomic mass is 16.3. The van der Waals surface area contributed by atoms with E-state index >= 15 is 0 Å². The first kappa shape index (κ1) is 15.3. The Morgan fingerprint density at radius 1 is 1.16 bits per heavy atom. The van der Waals surface area contributed by atoms with Crippen LogP contribution in [0.1, 0.15) is 23.2 Å². The molecule has 1 aromatic rings. The smallest absolute Gasteiger partial charge is 0.255 e. The molecule has 0 radical (unpaired) electrons. The van der Waals surface area contributed by atoms with Crippen LogP contribution in [-0.2, 0) is 0 Å². The second-order valence-corrected chi connectivity index (χ2v) is 4.17. The first-order valence-electron chi connectivity index (χ1n) is 6.36. The summed E-state index contributed by atoms with van der Waals surface area (Å²) >= 11 is 0. The van der Waals surface area contributed by atoms with Gasteiger partial charge >= 0.3 is 0 Å². The number of carbonyl (C=O) groups excluding carboxylic acids is 1. The van der Waals surface area contributed by atoms with Gasteiger partial charge in [-0.1, -0.05) is 6.07 Å². The minimum absolute atomic E-state index is 0.0797. The van der Waals surface area contributed by atoms with Crippen LogP contribution in [0.2, 0.25) is 0 Å². The molecule has 0 heterocycles. The quantitative estimate of drug-likeness (QED) is 0.340. The molecule has 1 aromatic carbocycles. The van der Waals surface area contributed by atoms with E-state index < -0.39 is 5.91 Å². The molecule has 106 valence electrons. The van der Waals surface area contributed by atoms with Crippen molar-refractivity contribution in [1.82, 2.24) is 10.6 Å². The first-order chi connectivity index (χ1) is 9.16. The number of hydrogen-bond donors (Lipinski definition) is 5. The van der Waals surface area contributed by atoms with E-state index in [-0.39, 0.29) is 17.1 Å². The van der Waals surface area contributed by atoms with Crippen LogP contribution in [-0.4, -0.2) is 42.3 Å². The van der Waals surface area contributed by atoms with E-state index in [0.717, 1.165) is 25.9 Å². The van der Waals surface area contributed by atoms with Gasteiger partial charge in [-0.25, -0.2) is 0 Å². The Hall–Kier alpha value is -1.79. The van der Waals surface area contributed by atoms with Crippen molar-refractivity contribution in [3.63, 3.8) is 0 Å². The van der Waals surface area contributed by atoms with Gasteiger partial charge in [-0.05, 0) is 44.6 Å². The summed E-state index contributed by atoms with van der Waals surface area (Å²) in [5.41, 5.74) is 5.44. The van der Waals surface area contributed by atoms with E-state index in [4.69, 9.17) is 5.73 Å². The molecule has 6 nitrogen and oxygen atoms in total. The predicted octanol–water partition coefficient (Wildman–Crippen LogP) is 0.156. The van der Waals surface area contributed by atoms with Crippen molar-refractivity contribution < 1.29 is 15.0 Å². The fraction of sp³-hybridized carbons (Fsp3) is 0.462. The topological polar surface area (TPSA) is 108 Å². The molecule has 6 heteroatoms. The fourth-order valence-corrected chi connectivity index (χ4v) is 1.58. The molecular weight excluding hydrogens is 246 g/mol. The van der Waals surface area contributed by atoms with Gasteiger partial charge in [0.2, 0.25) is 0 Å². The van der Waals surface area contributed by atoms with Gasteiger partial charge in [-0.15, -0.1) is 0 Å². The highest BCUT2D eigenvalue weighted by Gasteiger charge is 2.12. The number of hydrogen-bond acceptors (Lipinski definition) is 5. The zero-order chi connectivity index (χ0) is 14.1. The monoisotopic (exact) mass is 267 g/mol. The van der Waals surface area contributed by atoms with Crippen LogP contribution >= 0.6 is 0 Å². The lowest BCUT2D eigenvalue weighted by atomic mass is 10.1. The van der Waals surface area contributed by atoms with E-state index in [1.165, 1.54) is 18.2 Å². The third kappa shape index (κ3) is 5.15. The van der Waals surface area contributed by atoms with Crippen molar-refractivity contribution >= 4 is 5.91 Å². The van der Waals surface area contributed by atoms with Crippen molar-refractivity contribution in [3.05, 3.63) is 23.8 Å². The zero-order valence-electron chi connectivity index (χ0n) is 10.9. The standard InChI is InChI=1S/C13H21N3O3/c14-6-2-7-15-8-3-9-16-13(19)10-4-1-5-11(17)12(10)18/h1,4-5,15,17-18H,2-3,6-9,14H2,(H,16,19). The number of aromatic hydroxyl groups is 2. The molecule has 0 bridgehead atoms. The number of benzene rings is 1. The number of para-hydroxylation sites is 1. The van der Waals surface area contributed by atoms with Gasteiger partial charge in [-0.2, -0.15) is 0 Å². The van der Waals surface area contributed by atoms with E-state index in [1.807, 2.05) is 0 Å². The maximum atomic E-state index is 11.7. The summed E-state index contributed by atoms with van der Waals surface area (Å²) in [7, 11) is 0. The number of rotatable bonds is 8. The number of phenols is 2. The SMILES string of the molecule is NCCCNCCCNC(=O)c1cccc(O)c1O. The van der Waals surface area contributed by atoms with E-state index in [1.54, 1.807) is 0 Å². The second-order valence-electron chi connectivity index (χ2n) is 4.17. The predicted molar refractivity (Wildman–Crippen MR) is 73.3 cm³/mol. The lowest BCUT2D eigenvalue weighted by molar-refractivity contribution is 0.0950. The van der Waals surface area contributed by atoms with Crippen LogP contribution in [0, 0.1) is 0 Å². The molecule has 0 saturated carbocycles. The van der Waals surface area contributed by atoms with Crippen molar-refractivity contribution in [2.24, 2.45) is 5.73 Å². The minimum atomic E-state index is -0.393. The van der Waals surface area contributed by atoms with Crippen LogP contribution in [0.4, 0.5) is 0 Å². The molecule has 0 aliphatic carbocycles. The molecule has 0 fully saturated rings. The Morgan fingerprint density at radius 2 is 1.89 bits per heavy atom. The van der Waals surface area contributed by atoms with Crippen molar-refractivity contribution in [3.8, 4) is 11.5 Å². The maximum absolute atomic E-state index is 11.7. The highest BCUT2D eigenvalue weighted by molar-refractivity contribution is 5.97. The zero-order valence-corrected chi connectivity index (χ0v) is 10.9. The van der Waals surface area contributed by atoms with E-state index in [0.29, 0.717) is 13.1 Å². The average Bonchev–Trinajstić information content (AvgIpc) is 2.40. The molecule has 6 N–H and O–H groups in total. The molecule has 0 spiro atoms. The maximum Gasteiger partial charge on any atom is 0.255 e. The lowest BCUT2D eigenvalue weighted by Gasteiger charge is -2.08. The Kier molecular flexibility index (Phi) is 6.70. The Labute approximate surface area is 112 Å². The summed E-state index contributed by atoms with van der Waals surface area (Å²) in [5, 5.41) is 24.7. The second kappa shape index (κ2) is 8.34. The van der Waals surface area contributed by atoms with Crippen molar-refractivity contribution in [1.29, 1.82) is 0 Å².